The lowest BCUT2D eigenvalue weighted by atomic mass is 9.79. The Labute approximate surface area is 125 Å². The van der Waals surface area contributed by atoms with Crippen LogP contribution in [-0.4, -0.2) is 26.7 Å². The molecule has 3 aliphatic rings. The lowest BCUT2D eigenvalue weighted by Crippen LogP contribution is -2.42. The molecule has 21 heavy (non-hydrogen) atoms. The smallest absolute Gasteiger partial charge is 0.220 e. The van der Waals surface area contributed by atoms with Crippen molar-refractivity contribution in [1.82, 2.24) is 20.1 Å². The van der Waals surface area contributed by atoms with Crippen molar-refractivity contribution in [2.45, 2.75) is 57.5 Å². The summed E-state index contributed by atoms with van der Waals surface area (Å²) in [5.74, 6) is 3.83. The molecule has 0 radical (unpaired) electrons. The Balaban J connectivity index is 1.24. The number of nitrogens with zero attached hydrogens (tertiary/aromatic N) is 3. The second-order valence-corrected chi connectivity index (χ2v) is 7.09. The summed E-state index contributed by atoms with van der Waals surface area (Å²) in [4.78, 5) is 16.1. The second-order valence-electron chi connectivity index (χ2n) is 7.09. The highest BCUT2D eigenvalue weighted by Gasteiger charge is 2.53. The monoisotopic (exact) mass is 288 g/mol. The summed E-state index contributed by atoms with van der Waals surface area (Å²) in [6, 6.07) is 0.466. The van der Waals surface area contributed by atoms with Crippen LogP contribution in [0.5, 0.6) is 0 Å². The first-order valence-corrected chi connectivity index (χ1v) is 8.43. The first-order valence-electron chi connectivity index (χ1n) is 8.43. The van der Waals surface area contributed by atoms with Crippen LogP contribution in [0.15, 0.2) is 12.7 Å². The van der Waals surface area contributed by atoms with E-state index in [1.807, 2.05) is 0 Å². The van der Waals surface area contributed by atoms with Gasteiger partial charge in [-0.25, -0.2) is 4.98 Å². The van der Waals surface area contributed by atoms with Gasteiger partial charge in [0.15, 0.2) is 0 Å². The average molecular weight is 288 g/mol. The fourth-order valence-corrected chi connectivity index (χ4v) is 5.26. The molecule has 0 aromatic carbocycles. The summed E-state index contributed by atoms with van der Waals surface area (Å²) in [6.45, 7) is 0.773. The fraction of sp³-hybridized carbons (Fsp3) is 0.812. The third-order valence-electron chi connectivity index (χ3n) is 6.03. The van der Waals surface area contributed by atoms with Gasteiger partial charge in [-0.2, -0.15) is 5.10 Å². The van der Waals surface area contributed by atoms with Crippen molar-refractivity contribution < 1.29 is 4.79 Å². The van der Waals surface area contributed by atoms with E-state index in [9.17, 15) is 4.79 Å². The van der Waals surface area contributed by atoms with Crippen molar-refractivity contribution in [1.29, 1.82) is 0 Å². The summed E-state index contributed by atoms with van der Waals surface area (Å²) in [5, 5.41) is 7.38. The Bertz CT molecular complexity index is 500. The predicted octanol–water partition coefficient (Wildman–Crippen LogP) is 2.00. The van der Waals surface area contributed by atoms with E-state index < -0.39 is 0 Å². The number of nitrogens with one attached hydrogen (secondary N) is 1. The van der Waals surface area contributed by atoms with Crippen LogP contribution in [0.25, 0.3) is 0 Å². The quantitative estimate of drug-likeness (QED) is 0.901. The first kappa shape index (κ1) is 13.3. The number of aromatic nitrogens is 3. The first-order chi connectivity index (χ1) is 10.3. The Morgan fingerprint density at radius 1 is 1.24 bits per heavy atom. The van der Waals surface area contributed by atoms with Gasteiger partial charge in [-0.15, -0.1) is 0 Å². The third kappa shape index (κ3) is 2.47. The van der Waals surface area contributed by atoms with Crippen LogP contribution in [0.2, 0.25) is 0 Å². The van der Waals surface area contributed by atoms with Crippen LogP contribution in [0.4, 0.5) is 0 Å². The minimum Gasteiger partial charge on any atom is -0.353 e. The summed E-state index contributed by atoms with van der Waals surface area (Å²) < 4.78 is 1.79. The number of amides is 1. The van der Waals surface area contributed by atoms with Crippen LogP contribution in [0, 0.1) is 23.7 Å². The maximum absolute atomic E-state index is 12.1. The lowest BCUT2D eigenvalue weighted by Gasteiger charge is -2.32. The minimum atomic E-state index is 0.224. The maximum Gasteiger partial charge on any atom is 0.220 e. The van der Waals surface area contributed by atoms with Gasteiger partial charge in [0.2, 0.25) is 5.91 Å². The molecule has 0 spiro atoms. The van der Waals surface area contributed by atoms with E-state index in [1.54, 1.807) is 11.0 Å². The lowest BCUT2D eigenvalue weighted by molar-refractivity contribution is -0.122. The molecule has 3 aliphatic carbocycles. The molecule has 3 saturated carbocycles. The standard InChI is InChI=1S/C16H24N4O/c21-16(5-2-6-20-10-17-9-18-20)19-15-8-11-7-14(15)13-4-1-3-12(11)13/h9-15H,1-8H2,(H,19,21)/t11-,12+,13-,14+,15-/m1/s1. The predicted molar refractivity (Wildman–Crippen MR) is 78.2 cm³/mol. The van der Waals surface area contributed by atoms with Gasteiger partial charge in [0.25, 0.3) is 0 Å². The number of rotatable bonds is 5. The summed E-state index contributed by atoms with van der Waals surface area (Å²) in [7, 11) is 0. The molecule has 5 atom stereocenters. The molecule has 2 bridgehead atoms. The summed E-state index contributed by atoms with van der Waals surface area (Å²) in [6.07, 6.45) is 11.6. The molecule has 1 amide bonds. The Kier molecular flexibility index (Phi) is 3.43. The van der Waals surface area contributed by atoms with Crippen molar-refractivity contribution in [2.24, 2.45) is 23.7 Å². The van der Waals surface area contributed by atoms with Gasteiger partial charge >= 0.3 is 0 Å². The van der Waals surface area contributed by atoms with E-state index in [4.69, 9.17) is 0 Å². The van der Waals surface area contributed by atoms with Crippen LogP contribution >= 0.6 is 0 Å². The van der Waals surface area contributed by atoms with Crippen LogP contribution in [0.3, 0.4) is 0 Å². The normalized spacial score (nSPS) is 36.9. The summed E-state index contributed by atoms with van der Waals surface area (Å²) >= 11 is 0. The van der Waals surface area contributed by atoms with E-state index in [0.29, 0.717) is 12.5 Å². The molecule has 0 saturated heterocycles. The molecule has 0 unspecified atom stereocenters. The van der Waals surface area contributed by atoms with Crippen molar-refractivity contribution in [3.8, 4) is 0 Å². The molecule has 1 aromatic rings. The molecule has 3 fully saturated rings. The number of hydrogen-bond donors (Lipinski definition) is 1. The van der Waals surface area contributed by atoms with Crippen LogP contribution < -0.4 is 5.32 Å². The molecule has 5 nitrogen and oxygen atoms in total. The Morgan fingerprint density at radius 3 is 3.00 bits per heavy atom. The Morgan fingerprint density at radius 2 is 2.14 bits per heavy atom. The SMILES string of the molecule is O=C(CCCn1cncn1)N[C@@H]1C[C@H]2C[C@H]1[C@@H]1CCC[C@@H]21. The highest BCUT2D eigenvalue weighted by Crippen LogP contribution is 2.58. The van der Waals surface area contributed by atoms with Gasteiger partial charge in [0.05, 0.1) is 0 Å². The van der Waals surface area contributed by atoms with Gasteiger partial charge < -0.3 is 5.32 Å². The van der Waals surface area contributed by atoms with Crippen molar-refractivity contribution in [2.75, 3.05) is 0 Å². The van der Waals surface area contributed by atoms with E-state index in [1.165, 1.54) is 38.4 Å². The molecular formula is C16H24N4O. The number of carbonyl (C=O) groups excluding carboxylic acids is 1. The molecule has 1 N–H and O–H groups in total. The van der Waals surface area contributed by atoms with E-state index in [-0.39, 0.29) is 5.91 Å². The van der Waals surface area contributed by atoms with E-state index in [2.05, 4.69) is 15.4 Å². The number of fused-ring (bicyclic) bond motifs is 5. The van der Waals surface area contributed by atoms with Crippen LogP contribution in [-0.2, 0) is 11.3 Å². The summed E-state index contributed by atoms with van der Waals surface area (Å²) in [5.41, 5.74) is 0. The zero-order valence-corrected chi connectivity index (χ0v) is 12.4. The van der Waals surface area contributed by atoms with Crippen molar-refractivity contribution in [3.05, 3.63) is 12.7 Å². The number of hydrogen-bond acceptors (Lipinski definition) is 3. The van der Waals surface area contributed by atoms with Gasteiger partial charge in [0.1, 0.15) is 12.7 Å². The van der Waals surface area contributed by atoms with Crippen molar-refractivity contribution >= 4 is 5.91 Å². The zero-order valence-electron chi connectivity index (χ0n) is 12.4. The molecule has 0 aliphatic heterocycles. The van der Waals surface area contributed by atoms with Gasteiger partial charge in [-0.1, -0.05) is 6.42 Å². The molecular weight excluding hydrogens is 264 g/mol. The number of aryl methyl sites for hydroxylation is 1. The third-order valence-corrected chi connectivity index (χ3v) is 6.03. The highest BCUT2D eigenvalue weighted by molar-refractivity contribution is 5.76. The topological polar surface area (TPSA) is 59.8 Å². The van der Waals surface area contributed by atoms with Gasteiger partial charge in [-0.05, 0) is 55.8 Å². The minimum absolute atomic E-state index is 0.224. The van der Waals surface area contributed by atoms with E-state index in [0.717, 1.165) is 36.6 Å². The second kappa shape index (κ2) is 5.43. The molecule has 5 heteroatoms. The van der Waals surface area contributed by atoms with Gasteiger partial charge in [-0.3, -0.25) is 9.48 Å². The van der Waals surface area contributed by atoms with Crippen molar-refractivity contribution in [3.63, 3.8) is 0 Å². The number of carbonyl (C=O) groups is 1. The molecule has 1 heterocycles. The largest absolute Gasteiger partial charge is 0.353 e. The molecule has 1 aromatic heterocycles. The molecule has 114 valence electrons. The molecule has 4 rings (SSSR count). The Hall–Kier alpha value is -1.39. The fourth-order valence-electron chi connectivity index (χ4n) is 5.26. The maximum atomic E-state index is 12.1. The highest BCUT2D eigenvalue weighted by atomic mass is 16.1. The zero-order chi connectivity index (χ0) is 14.2. The van der Waals surface area contributed by atoms with Crippen LogP contribution in [0.1, 0.15) is 44.9 Å². The van der Waals surface area contributed by atoms with E-state index >= 15 is 0 Å². The van der Waals surface area contributed by atoms with Gasteiger partial charge in [0, 0.05) is 19.0 Å². The average Bonchev–Trinajstić information content (AvgIpc) is 3.21.